The lowest BCUT2D eigenvalue weighted by Crippen LogP contribution is -2.44. The molecule has 0 spiro atoms. The van der Waals surface area contributed by atoms with E-state index in [9.17, 15) is 19.2 Å². The molecule has 5 heterocycles. The molecule has 4 atom stereocenters. The lowest BCUT2D eigenvalue weighted by atomic mass is 9.80. The smallest absolute Gasteiger partial charge is 0.329 e. The first kappa shape index (κ1) is 29.9. The van der Waals surface area contributed by atoms with Crippen LogP contribution in [0, 0.1) is 11.8 Å². The zero-order valence-electron chi connectivity index (χ0n) is 25.3. The maximum Gasteiger partial charge on any atom is 0.329 e. The summed E-state index contributed by atoms with van der Waals surface area (Å²) in [6.07, 6.45) is 10.7. The second-order valence-corrected chi connectivity index (χ2v) is 12.9. The van der Waals surface area contributed by atoms with Crippen LogP contribution in [0.5, 0.6) is 0 Å². The minimum absolute atomic E-state index is 0.226. The van der Waals surface area contributed by atoms with Crippen LogP contribution in [0.4, 0.5) is 5.69 Å². The van der Waals surface area contributed by atoms with Crippen molar-refractivity contribution < 1.29 is 19.1 Å². The first-order valence-corrected chi connectivity index (χ1v) is 16.2. The normalized spacial score (nSPS) is 25.7. The summed E-state index contributed by atoms with van der Waals surface area (Å²) in [7, 11) is 1.74. The van der Waals surface area contributed by atoms with E-state index in [1.807, 2.05) is 18.2 Å². The number of ether oxygens (including phenoxy) is 1. The Bertz CT molecular complexity index is 1380. The average molecular weight is 595 g/mol. The number of amides is 3. The third-order valence-corrected chi connectivity index (χ3v) is 10.6. The second-order valence-electron chi connectivity index (χ2n) is 12.9. The number of rotatable bonds is 12. The molecule has 234 valence electrons. The zero-order valence-corrected chi connectivity index (χ0v) is 25.3. The van der Waals surface area contributed by atoms with Gasteiger partial charge in [0.25, 0.3) is 0 Å². The number of nitrogens with one attached hydrogen (secondary N) is 2. The molecule has 43 heavy (non-hydrogen) atoms. The van der Waals surface area contributed by atoms with Gasteiger partial charge in [-0.15, -0.1) is 0 Å². The highest BCUT2D eigenvalue weighted by molar-refractivity contribution is 6.00. The van der Waals surface area contributed by atoms with E-state index >= 15 is 0 Å². The highest BCUT2D eigenvalue weighted by Gasteiger charge is 2.36. The predicted molar refractivity (Wildman–Crippen MR) is 164 cm³/mol. The molecule has 0 aliphatic carbocycles. The van der Waals surface area contributed by atoms with Gasteiger partial charge in [-0.3, -0.25) is 33.7 Å². The van der Waals surface area contributed by atoms with Gasteiger partial charge in [0.15, 0.2) is 0 Å². The van der Waals surface area contributed by atoms with E-state index in [0.29, 0.717) is 36.4 Å². The quantitative estimate of drug-likeness (QED) is 0.220. The van der Waals surface area contributed by atoms with Gasteiger partial charge in [-0.25, -0.2) is 4.79 Å². The summed E-state index contributed by atoms with van der Waals surface area (Å²) >= 11 is 0. The fraction of sp³-hybridized carbons (Fsp3) is 0.688. The van der Waals surface area contributed by atoms with E-state index in [1.54, 1.807) is 11.6 Å². The molecule has 4 saturated heterocycles. The van der Waals surface area contributed by atoms with Gasteiger partial charge in [-0.05, 0) is 94.4 Å². The number of fused-ring (bicyclic) bond motifs is 2. The SMILES string of the molecule is Cn1c(=O)n(C2CCC(=O)NC2=O)c2ccc(N3CCC(C(CCNC=O)CCOCC4CCC5CCCN54)CC3)cc21. The van der Waals surface area contributed by atoms with Crippen molar-refractivity contribution in [3.63, 3.8) is 0 Å². The van der Waals surface area contributed by atoms with Gasteiger partial charge >= 0.3 is 5.69 Å². The molecule has 4 fully saturated rings. The lowest BCUT2D eigenvalue weighted by molar-refractivity contribution is -0.135. The number of aromatic nitrogens is 2. The Labute approximate surface area is 252 Å². The van der Waals surface area contributed by atoms with Crippen LogP contribution in [0.1, 0.15) is 70.3 Å². The van der Waals surface area contributed by atoms with Gasteiger partial charge < -0.3 is 15.0 Å². The molecule has 11 heteroatoms. The van der Waals surface area contributed by atoms with Gasteiger partial charge in [-0.2, -0.15) is 0 Å². The minimum Gasteiger partial charge on any atom is -0.380 e. The van der Waals surface area contributed by atoms with E-state index in [2.05, 4.69) is 20.4 Å². The number of carbonyl (C=O) groups is 3. The molecule has 4 aliphatic heterocycles. The van der Waals surface area contributed by atoms with E-state index < -0.39 is 11.9 Å². The maximum atomic E-state index is 13.2. The number of imidazole rings is 1. The summed E-state index contributed by atoms with van der Waals surface area (Å²) in [5.41, 5.74) is 2.32. The Morgan fingerprint density at radius 1 is 1.02 bits per heavy atom. The maximum absolute atomic E-state index is 13.2. The fourth-order valence-electron chi connectivity index (χ4n) is 8.18. The first-order valence-electron chi connectivity index (χ1n) is 16.2. The van der Waals surface area contributed by atoms with Crippen LogP contribution in [0.15, 0.2) is 23.0 Å². The van der Waals surface area contributed by atoms with Crippen molar-refractivity contribution in [1.29, 1.82) is 0 Å². The summed E-state index contributed by atoms with van der Waals surface area (Å²) < 4.78 is 9.38. The number of hydrogen-bond donors (Lipinski definition) is 2. The van der Waals surface area contributed by atoms with E-state index in [1.165, 1.54) is 36.8 Å². The number of anilines is 1. The fourth-order valence-corrected chi connectivity index (χ4v) is 8.18. The van der Waals surface area contributed by atoms with E-state index in [-0.39, 0.29) is 18.0 Å². The summed E-state index contributed by atoms with van der Waals surface area (Å²) in [6, 6.07) is 6.72. The Morgan fingerprint density at radius 3 is 2.65 bits per heavy atom. The molecule has 3 amide bonds. The topological polar surface area (TPSA) is 118 Å². The monoisotopic (exact) mass is 594 g/mol. The molecule has 4 aliphatic rings. The molecule has 0 radical (unpaired) electrons. The van der Waals surface area contributed by atoms with Crippen molar-refractivity contribution in [2.45, 2.75) is 82.3 Å². The van der Waals surface area contributed by atoms with Crippen molar-refractivity contribution in [3.05, 3.63) is 28.7 Å². The van der Waals surface area contributed by atoms with Crippen LogP contribution in [-0.4, -0.2) is 83.7 Å². The van der Waals surface area contributed by atoms with E-state index in [0.717, 1.165) is 75.6 Å². The molecular formula is C32H46N6O5. The highest BCUT2D eigenvalue weighted by atomic mass is 16.5. The molecule has 4 unspecified atom stereocenters. The van der Waals surface area contributed by atoms with Crippen LogP contribution in [0.2, 0.25) is 0 Å². The van der Waals surface area contributed by atoms with Crippen molar-refractivity contribution in [2.75, 3.05) is 44.3 Å². The average Bonchev–Trinajstić information content (AvgIpc) is 3.70. The van der Waals surface area contributed by atoms with Crippen molar-refractivity contribution >= 4 is 34.9 Å². The largest absolute Gasteiger partial charge is 0.380 e. The van der Waals surface area contributed by atoms with Gasteiger partial charge in [0.05, 0.1) is 17.6 Å². The molecule has 1 aromatic carbocycles. The second kappa shape index (κ2) is 13.2. The van der Waals surface area contributed by atoms with Gasteiger partial charge in [-0.1, -0.05) is 0 Å². The number of aryl methyl sites for hydroxylation is 1. The van der Waals surface area contributed by atoms with Crippen LogP contribution >= 0.6 is 0 Å². The van der Waals surface area contributed by atoms with Crippen molar-refractivity contribution in [1.82, 2.24) is 24.7 Å². The van der Waals surface area contributed by atoms with Crippen LogP contribution in [-0.2, 0) is 26.2 Å². The third-order valence-electron chi connectivity index (χ3n) is 10.6. The molecule has 0 bridgehead atoms. The van der Waals surface area contributed by atoms with Gasteiger partial charge in [0.1, 0.15) is 6.04 Å². The number of hydrogen-bond acceptors (Lipinski definition) is 7. The Morgan fingerprint density at radius 2 is 1.86 bits per heavy atom. The van der Waals surface area contributed by atoms with Gasteiger partial charge in [0.2, 0.25) is 18.2 Å². The molecule has 2 N–H and O–H groups in total. The Hall–Kier alpha value is -3.18. The molecule has 0 saturated carbocycles. The van der Waals surface area contributed by atoms with Crippen LogP contribution in [0.25, 0.3) is 11.0 Å². The number of piperidine rings is 2. The van der Waals surface area contributed by atoms with Crippen molar-refractivity contribution in [2.24, 2.45) is 18.9 Å². The standard InChI is InChI=1S/C32H46N6O5/c1-35-29-19-25(6-7-27(29)38(32(35)42)28-8-9-30(40)34-31(28)41)36-16-11-23(12-17-36)22(10-14-33-21-39)13-18-43-20-26-5-4-24-3-2-15-37(24)26/h6-7,19,21-24,26,28H,2-5,8-18,20H2,1H3,(H,33,39)(H,34,40,41). The Balaban J connectivity index is 1.06. The summed E-state index contributed by atoms with van der Waals surface area (Å²) in [6.45, 7) is 5.39. The molecule has 6 rings (SSSR count). The van der Waals surface area contributed by atoms with Crippen molar-refractivity contribution in [3.8, 4) is 0 Å². The lowest BCUT2D eigenvalue weighted by Gasteiger charge is -2.37. The number of imide groups is 1. The van der Waals surface area contributed by atoms with E-state index in [4.69, 9.17) is 4.74 Å². The third kappa shape index (κ3) is 6.24. The Kier molecular flexibility index (Phi) is 9.18. The number of benzene rings is 1. The molecule has 1 aromatic heterocycles. The summed E-state index contributed by atoms with van der Waals surface area (Å²) in [4.78, 5) is 53.3. The molecule has 2 aromatic rings. The number of carbonyl (C=O) groups excluding carboxylic acids is 3. The summed E-state index contributed by atoms with van der Waals surface area (Å²) in [5, 5.41) is 5.23. The highest BCUT2D eigenvalue weighted by Crippen LogP contribution is 2.35. The minimum atomic E-state index is -0.680. The van der Waals surface area contributed by atoms with Crippen LogP contribution in [0.3, 0.4) is 0 Å². The first-order chi connectivity index (χ1) is 20.9. The van der Waals surface area contributed by atoms with Crippen LogP contribution < -0.4 is 21.2 Å². The zero-order chi connectivity index (χ0) is 29.9. The summed E-state index contributed by atoms with van der Waals surface area (Å²) in [5.74, 6) is 0.367. The molecular weight excluding hydrogens is 548 g/mol. The number of nitrogens with zero attached hydrogens (tertiary/aromatic N) is 4. The molecule has 11 nitrogen and oxygen atoms in total. The predicted octanol–water partition coefficient (Wildman–Crippen LogP) is 2.32. The van der Waals surface area contributed by atoms with Gasteiger partial charge in [0, 0.05) is 57.5 Å².